The molecule has 0 saturated carbocycles. The van der Waals surface area contributed by atoms with Gasteiger partial charge in [-0.2, -0.15) is 0 Å². The maximum atomic E-state index is 12.4. The molecule has 0 radical (unpaired) electrons. The molecule has 0 rings (SSSR count). The van der Waals surface area contributed by atoms with Crippen LogP contribution in [0.3, 0.4) is 0 Å². The number of rotatable bonds is 7. The normalized spacial score (nSPS) is 13.5. The Labute approximate surface area is 107 Å². The highest BCUT2D eigenvalue weighted by molar-refractivity contribution is 5.82. The third-order valence-electron chi connectivity index (χ3n) is 3.23. The molecule has 0 bridgehead atoms. The topological polar surface area (TPSA) is 46.3 Å². The molecule has 2 N–H and O–H groups in total. The van der Waals surface area contributed by atoms with Crippen LogP contribution in [0.25, 0.3) is 0 Å². The van der Waals surface area contributed by atoms with Crippen molar-refractivity contribution in [2.24, 2.45) is 17.6 Å². The molecule has 0 aromatic carbocycles. The Kier molecular flexibility index (Phi) is 7.44. The fourth-order valence-corrected chi connectivity index (χ4v) is 2.02. The molecule has 102 valence electrons. The molecule has 1 amide bonds. The first kappa shape index (κ1) is 16.4. The fourth-order valence-electron chi connectivity index (χ4n) is 2.02. The van der Waals surface area contributed by atoms with Crippen molar-refractivity contribution in [1.29, 1.82) is 0 Å². The second-order valence-corrected chi connectivity index (χ2v) is 5.62. The lowest BCUT2D eigenvalue weighted by atomic mass is 10.0. The Bertz CT molecular complexity index is 222. The zero-order valence-corrected chi connectivity index (χ0v) is 12.4. The Morgan fingerprint density at radius 2 is 1.59 bits per heavy atom. The van der Waals surface area contributed by atoms with Gasteiger partial charge in [0.05, 0.1) is 6.04 Å². The highest BCUT2D eigenvalue weighted by Crippen LogP contribution is 2.15. The SMILES string of the molecule is CCC(CC)N(CC(C)C)C(=O)C(N)C(C)C. The Hall–Kier alpha value is -0.570. The van der Waals surface area contributed by atoms with Crippen molar-refractivity contribution in [2.45, 2.75) is 66.5 Å². The predicted molar refractivity (Wildman–Crippen MR) is 73.7 cm³/mol. The van der Waals surface area contributed by atoms with Crippen molar-refractivity contribution in [2.75, 3.05) is 6.54 Å². The number of carbonyl (C=O) groups excluding carboxylic acids is 1. The van der Waals surface area contributed by atoms with Gasteiger partial charge in [0.1, 0.15) is 0 Å². The van der Waals surface area contributed by atoms with Gasteiger partial charge in [-0.3, -0.25) is 4.79 Å². The zero-order valence-electron chi connectivity index (χ0n) is 12.4. The van der Waals surface area contributed by atoms with E-state index in [1.54, 1.807) is 0 Å². The summed E-state index contributed by atoms with van der Waals surface area (Å²) in [4.78, 5) is 14.4. The molecule has 0 aliphatic rings. The Morgan fingerprint density at radius 3 is 1.88 bits per heavy atom. The van der Waals surface area contributed by atoms with Crippen LogP contribution in [-0.4, -0.2) is 29.4 Å². The van der Waals surface area contributed by atoms with E-state index in [9.17, 15) is 4.79 Å². The second-order valence-electron chi connectivity index (χ2n) is 5.62. The number of nitrogens with two attached hydrogens (primary N) is 1. The molecule has 0 heterocycles. The monoisotopic (exact) mass is 242 g/mol. The summed E-state index contributed by atoms with van der Waals surface area (Å²) in [7, 11) is 0. The molecular weight excluding hydrogens is 212 g/mol. The lowest BCUT2D eigenvalue weighted by Gasteiger charge is -2.34. The van der Waals surface area contributed by atoms with Crippen LogP contribution < -0.4 is 5.73 Å². The minimum absolute atomic E-state index is 0.113. The van der Waals surface area contributed by atoms with E-state index in [2.05, 4.69) is 27.7 Å². The number of hydrogen-bond donors (Lipinski definition) is 1. The minimum Gasteiger partial charge on any atom is -0.338 e. The summed E-state index contributed by atoms with van der Waals surface area (Å²) >= 11 is 0. The maximum absolute atomic E-state index is 12.4. The maximum Gasteiger partial charge on any atom is 0.240 e. The summed E-state index contributed by atoms with van der Waals surface area (Å²) in [6.07, 6.45) is 2.00. The molecule has 3 nitrogen and oxygen atoms in total. The van der Waals surface area contributed by atoms with E-state index in [0.29, 0.717) is 12.0 Å². The summed E-state index contributed by atoms with van der Waals surface area (Å²) in [6.45, 7) is 13.4. The molecule has 17 heavy (non-hydrogen) atoms. The molecule has 1 atom stereocenters. The zero-order chi connectivity index (χ0) is 13.6. The molecular formula is C14H30N2O. The number of carbonyl (C=O) groups is 1. The van der Waals surface area contributed by atoms with Crippen LogP contribution in [0.15, 0.2) is 0 Å². The molecule has 0 aliphatic heterocycles. The van der Waals surface area contributed by atoms with Crippen molar-refractivity contribution in [3.05, 3.63) is 0 Å². The van der Waals surface area contributed by atoms with Gasteiger partial charge in [-0.15, -0.1) is 0 Å². The minimum atomic E-state index is -0.366. The predicted octanol–water partition coefficient (Wildman–Crippen LogP) is 2.64. The van der Waals surface area contributed by atoms with Crippen LogP contribution >= 0.6 is 0 Å². The van der Waals surface area contributed by atoms with Crippen molar-refractivity contribution < 1.29 is 4.79 Å². The van der Waals surface area contributed by atoms with Crippen LogP contribution in [0.2, 0.25) is 0 Å². The third kappa shape index (κ3) is 5.07. The first-order chi connectivity index (χ1) is 7.84. The van der Waals surface area contributed by atoms with Gasteiger partial charge in [0, 0.05) is 12.6 Å². The van der Waals surface area contributed by atoms with Gasteiger partial charge in [-0.25, -0.2) is 0 Å². The van der Waals surface area contributed by atoms with Crippen molar-refractivity contribution >= 4 is 5.91 Å². The van der Waals surface area contributed by atoms with Gasteiger partial charge in [-0.1, -0.05) is 41.5 Å². The largest absolute Gasteiger partial charge is 0.338 e. The second kappa shape index (κ2) is 7.70. The van der Waals surface area contributed by atoms with Crippen LogP contribution in [0.1, 0.15) is 54.4 Å². The van der Waals surface area contributed by atoms with Gasteiger partial charge in [-0.05, 0) is 24.7 Å². The van der Waals surface area contributed by atoms with Gasteiger partial charge >= 0.3 is 0 Å². The van der Waals surface area contributed by atoms with Crippen LogP contribution in [0.4, 0.5) is 0 Å². The lowest BCUT2D eigenvalue weighted by Crippen LogP contribution is -2.51. The summed E-state index contributed by atoms with van der Waals surface area (Å²) in [5.74, 6) is 0.799. The molecule has 0 saturated heterocycles. The standard InChI is InChI=1S/C14H30N2O/c1-7-12(8-2)16(9-10(3)4)14(17)13(15)11(5)6/h10-13H,7-9,15H2,1-6H3. The Balaban J connectivity index is 4.83. The van der Waals surface area contributed by atoms with Crippen molar-refractivity contribution in [1.82, 2.24) is 4.90 Å². The summed E-state index contributed by atoms with van der Waals surface area (Å²) in [6, 6.07) is -0.0379. The van der Waals surface area contributed by atoms with E-state index in [4.69, 9.17) is 5.73 Å². The van der Waals surface area contributed by atoms with Crippen molar-refractivity contribution in [3.63, 3.8) is 0 Å². The number of amides is 1. The Morgan fingerprint density at radius 1 is 1.12 bits per heavy atom. The summed E-state index contributed by atoms with van der Waals surface area (Å²) in [5.41, 5.74) is 5.99. The molecule has 1 unspecified atom stereocenters. The van der Waals surface area contributed by atoms with Gasteiger partial charge in [0.2, 0.25) is 5.91 Å². The molecule has 0 aliphatic carbocycles. The average molecular weight is 242 g/mol. The quantitative estimate of drug-likeness (QED) is 0.746. The van der Waals surface area contributed by atoms with E-state index in [1.807, 2.05) is 18.7 Å². The van der Waals surface area contributed by atoms with Crippen LogP contribution in [0, 0.1) is 11.8 Å². The lowest BCUT2D eigenvalue weighted by molar-refractivity contribution is -0.136. The molecule has 0 spiro atoms. The average Bonchev–Trinajstić information content (AvgIpc) is 2.26. The highest BCUT2D eigenvalue weighted by atomic mass is 16.2. The number of nitrogens with zero attached hydrogens (tertiary/aromatic N) is 1. The smallest absolute Gasteiger partial charge is 0.240 e. The van der Waals surface area contributed by atoms with Crippen LogP contribution in [-0.2, 0) is 4.79 Å². The van der Waals surface area contributed by atoms with E-state index < -0.39 is 0 Å². The summed E-state index contributed by atoms with van der Waals surface area (Å²) in [5, 5.41) is 0. The molecule has 3 heteroatoms. The van der Waals surface area contributed by atoms with E-state index >= 15 is 0 Å². The van der Waals surface area contributed by atoms with E-state index in [0.717, 1.165) is 19.4 Å². The first-order valence-corrected chi connectivity index (χ1v) is 6.91. The third-order valence-corrected chi connectivity index (χ3v) is 3.23. The fraction of sp³-hybridized carbons (Fsp3) is 0.929. The van der Waals surface area contributed by atoms with E-state index in [1.165, 1.54) is 0 Å². The van der Waals surface area contributed by atoms with Crippen molar-refractivity contribution in [3.8, 4) is 0 Å². The molecule has 0 aromatic heterocycles. The van der Waals surface area contributed by atoms with Gasteiger partial charge in [0.25, 0.3) is 0 Å². The molecule has 0 aromatic rings. The van der Waals surface area contributed by atoms with Gasteiger partial charge in [0.15, 0.2) is 0 Å². The molecule has 0 fully saturated rings. The number of hydrogen-bond acceptors (Lipinski definition) is 2. The van der Waals surface area contributed by atoms with Crippen LogP contribution in [0.5, 0.6) is 0 Å². The first-order valence-electron chi connectivity index (χ1n) is 6.91. The van der Waals surface area contributed by atoms with E-state index in [-0.39, 0.29) is 17.9 Å². The summed E-state index contributed by atoms with van der Waals surface area (Å²) < 4.78 is 0. The van der Waals surface area contributed by atoms with Gasteiger partial charge < -0.3 is 10.6 Å². The highest BCUT2D eigenvalue weighted by Gasteiger charge is 2.27.